The first-order valence-corrected chi connectivity index (χ1v) is 6.08. The molecule has 1 saturated carbocycles. The summed E-state index contributed by atoms with van der Waals surface area (Å²) in [5, 5.41) is 8.33. The largest absolute Gasteiger partial charge is 0.607 e. The van der Waals surface area contributed by atoms with E-state index in [0.717, 1.165) is 0 Å². The van der Waals surface area contributed by atoms with E-state index in [-0.39, 0.29) is 0 Å². The highest BCUT2D eigenvalue weighted by Gasteiger charge is 2.64. The second kappa shape index (κ2) is 4.40. The van der Waals surface area contributed by atoms with Gasteiger partial charge in [-0.2, -0.15) is 0 Å². The zero-order valence-corrected chi connectivity index (χ0v) is 9.67. The van der Waals surface area contributed by atoms with Crippen LogP contribution in [0.1, 0.15) is 26.7 Å². The Morgan fingerprint density at radius 3 is 2.13 bits per heavy atom. The first-order valence-electron chi connectivity index (χ1n) is 4.93. The molecule has 1 aliphatic carbocycles. The van der Waals surface area contributed by atoms with Crippen molar-refractivity contribution >= 4 is 22.4 Å². The van der Waals surface area contributed by atoms with Crippen molar-refractivity contribution in [2.45, 2.75) is 31.4 Å². The van der Waals surface area contributed by atoms with Crippen molar-refractivity contribution in [1.29, 1.82) is 0 Å². The third kappa shape index (κ3) is 2.10. The fourth-order valence-electron chi connectivity index (χ4n) is 1.36. The van der Waals surface area contributed by atoms with Crippen LogP contribution < -0.4 is 0 Å². The molecule has 0 spiro atoms. The minimum absolute atomic E-state index is 0.335. The fourth-order valence-corrected chi connectivity index (χ4v) is 2.82. The van der Waals surface area contributed by atoms with Gasteiger partial charge in [0.15, 0.2) is 0 Å². The van der Waals surface area contributed by atoms with Crippen LogP contribution in [-0.4, -0.2) is 43.6 Å². The number of hydrogen-bond acceptors (Lipinski definition) is 3. The van der Waals surface area contributed by atoms with Gasteiger partial charge in [-0.05, 0) is 13.8 Å². The molecule has 1 fully saturated rings. The van der Waals surface area contributed by atoms with E-state index in [1.54, 1.807) is 13.8 Å². The van der Waals surface area contributed by atoms with E-state index in [2.05, 4.69) is 0 Å². The maximum absolute atomic E-state index is 11.8. The molecule has 0 saturated heterocycles. The van der Waals surface area contributed by atoms with Crippen LogP contribution in [0.15, 0.2) is 0 Å². The Bertz CT molecular complexity index is 273. The smallest absolute Gasteiger partial charge is 0.430 e. The normalized spacial score (nSPS) is 19.4. The van der Waals surface area contributed by atoms with Gasteiger partial charge in [0.25, 0.3) is 0 Å². The van der Waals surface area contributed by atoms with Gasteiger partial charge in [-0.3, -0.25) is 4.90 Å². The van der Waals surface area contributed by atoms with Gasteiger partial charge in [0.05, 0.1) is 11.2 Å². The third-order valence-corrected chi connectivity index (χ3v) is 4.50. The number of rotatable bonds is 4. The fraction of sp³-hybridized carbons (Fsp3) is 0.778. The molecule has 1 rings (SSSR count). The highest BCUT2D eigenvalue weighted by molar-refractivity contribution is 8.08. The number of carboxylic acids is 1. The zero-order chi connectivity index (χ0) is 11.6. The third-order valence-electron chi connectivity index (χ3n) is 2.63. The topological polar surface area (TPSA) is 80.7 Å². The summed E-state index contributed by atoms with van der Waals surface area (Å²) >= 11 is -1.94. The second-order valence-corrected chi connectivity index (χ2v) is 5.17. The lowest BCUT2D eigenvalue weighted by Crippen LogP contribution is -2.44. The molecule has 1 aliphatic rings. The molecule has 86 valence electrons. The molecular formula is C9H15NO4S. The van der Waals surface area contributed by atoms with Crippen LogP contribution in [0.4, 0.5) is 4.79 Å². The molecule has 0 aromatic rings. The molecule has 1 unspecified atom stereocenters. The second-order valence-electron chi connectivity index (χ2n) is 3.51. The summed E-state index contributed by atoms with van der Waals surface area (Å²) < 4.78 is 10.5. The van der Waals surface area contributed by atoms with Gasteiger partial charge >= 0.3 is 11.2 Å². The quantitative estimate of drug-likeness (QED) is 0.729. The predicted octanol–water partition coefficient (Wildman–Crippen LogP) is 0.814. The molecule has 1 N–H and O–H groups in total. The average Bonchev–Trinajstić information content (AvgIpc) is 2.99. The lowest BCUT2D eigenvalue weighted by atomic mass is 10.4. The molecule has 1 atom stereocenters. The molecule has 0 heterocycles. The maximum Gasteiger partial charge on any atom is 0.430 e. The van der Waals surface area contributed by atoms with Crippen LogP contribution >= 0.6 is 0 Å². The summed E-state index contributed by atoms with van der Waals surface area (Å²) in [7, 11) is 0. The lowest BCUT2D eigenvalue weighted by Gasteiger charge is -2.22. The van der Waals surface area contributed by atoms with Crippen LogP contribution in [-0.2, 0) is 16.0 Å². The van der Waals surface area contributed by atoms with Crippen molar-refractivity contribution in [3.8, 4) is 0 Å². The Hall–Kier alpha value is -0.750. The van der Waals surface area contributed by atoms with Crippen LogP contribution in [0.25, 0.3) is 0 Å². The summed E-state index contributed by atoms with van der Waals surface area (Å²) in [4.78, 5) is 23.9. The molecule has 0 radical (unpaired) electrons. The van der Waals surface area contributed by atoms with E-state index < -0.39 is 27.1 Å². The number of nitrogens with zero attached hydrogens (tertiary/aromatic N) is 1. The number of carbonyl (C=O) groups excluding carboxylic acids is 1. The number of amides is 1. The van der Waals surface area contributed by atoms with Crippen molar-refractivity contribution in [1.82, 2.24) is 4.90 Å². The monoisotopic (exact) mass is 233 g/mol. The first-order chi connectivity index (χ1) is 6.99. The van der Waals surface area contributed by atoms with Gasteiger partial charge in [0.2, 0.25) is 4.75 Å². The average molecular weight is 233 g/mol. The number of carboxylic acid groups (broad SMARTS) is 1. The molecule has 0 aromatic carbocycles. The Kier molecular flexibility index (Phi) is 3.62. The maximum atomic E-state index is 11.8. The van der Waals surface area contributed by atoms with Gasteiger partial charge in [0.1, 0.15) is 0 Å². The molecule has 0 bridgehead atoms. The van der Waals surface area contributed by atoms with E-state index in [4.69, 9.17) is 5.11 Å². The molecule has 0 aromatic heterocycles. The van der Waals surface area contributed by atoms with Crippen LogP contribution in [0.2, 0.25) is 0 Å². The minimum atomic E-state index is -1.94. The van der Waals surface area contributed by atoms with Crippen molar-refractivity contribution < 1.29 is 19.2 Å². The number of hydrogen-bond donors (Lipinski definition) is 1. The van der Waals surface area contributed by atoms with Gasteiger partial charge in [-0.25, -0.2) is 9.59 Å². The lowest BCUT2D eigenvalue weighted by molar-refractivity contribution is -0.137. The minimum Gasteiger partial charge on any atom is -0.607 e. The van der Waals surface area contributed by atoms with Crippen molar-refractivity contribution in [2.75, 3.05) is 13.1 Å². The van der Waals surface area contributed by atoms with E-state index in [1.807, 2.05) is 0 Å². The zero-order valence-electron chi connectivity index (χ0n) is 8.86. The summed E-state index contributed by atoms with van der Waals surface area (Å²) in [6.45, 7) is 4.46. The van der Waals surface area contributed by atoms with Gasteiger partial charge < -0.3 is 9.66 Å². The highest BCUT2D eigenvalue weighted by atomic mass is 32.2. The summed E-state index contributed by atoms with van der Waals surface area (Å²) in [6, 6.07) is 0. The Morgan fingerprint density at radius 1 is 1.40 bits per heavy atom. The summed E-state index contributed by atoms with van der Waals surface area (Å²) in [5.74, 6) is -1.12. The Balaban J connectivity index is 2.72. The van der Waals surface area contributed by atoms with Crippen LogP contribution in [0.3, 0.4) is 0 Å². The highest BCUT2D eigenvalue weighted by Crippen LogP contribution is 2.45. The van der Waals surface area contributed by atoms with Crippen molar-refractivity contribution in [3.05, 3.63) is 0 Å². The molecular weight excluding hydrogens is 218 g/mol. The summed E-state index contributed by atoms with van der Waals surface area (Å²) in [6.07, 6.45) is 0.671. The standard InChI is InChI=1S/C9H15NO4S/c1-3-10(4-2)8(13)15(14)9(5-6-9)7(11)12/h3-6H2,1-2H3,(H,11,12). The SMILES string of the molecule is CCN(CC)C(=O)[S+]([O-])C1(C(=O)O)CC1. The van der Waals surface area contributed by atoms with E-state index in [9.17, 15) is 14.1 Å². The van der Waals surface area contributed by atoms with Gasteiger partial charge in [-0.1, -0.05) is 0 Å². The van der Waals surface area contributed by atoms with Crippen molar-refractivity contribution in [2.24, 2.45) is 0 Å². The first kappa shape index (κ1) is 12.3. The van der Waals surface area contributed by atoms with E-state index in [1.165, 1.54) is 4.90 Å². The Labute approximate surface area is 91.6 Å². The Morgan fingerprint density at radius 2 is 1.87 bits per heavy atom. The molecule has 0 aliphatic heterocycles. The van der Waals surface area contributed by atoms with Gasteiger partial charge in [0, 0.05) is 25.9 Å². The van der Waals surface area contributed by atoms with Gasteiger partial charge in [-0.15, -0.1) is 0 Å². The predicted molar refractivity (Wildman–Crippen MR) is 56.1 cm³/mol. The summed E-state index contributed by atoms with van der Waals surface area (Å²) in [5.41, 5.74) is 0. The van der Waals surface area contributed by atoms with Crippen LogP contribution in [0, 0.1) is 0 Å². The van der Waals surface area contributed by atoms with E-state index in [0.29, 0.717) is 25.9 Å². The van der Waals surface area contributed by atoms with E-state index >= 15 is 0 Å². The number of aliphatic carboxylic acids is 1. The van der Waals surface area contributed by atoms with Crippen molar-refractivity contribution in [3.63, 3.8) is 0 Å². The molecule has 6 heteroatoms. The van der Waals surface area contributed by atoms with Crippen LogP contribution in [0.5, 0.6) is 0 Å². The molecule has 1 amide bonds. The molecule has 15 heavy (non-hydrogen) atoms. The molecule has 5 nitrogen and oxygen atoms in total. The number of carbonyl (C=O) groups is 2.